The lowest BCUT2D eigenvalue weighted by Crippen LogP contribution is -2.21. The molecule has 0 aromatic heterocycles. The smallest absolute Gasteiger partial charge is 0.416 e. The Morgan fingerprint density at radius 1 is 0.889 bits per heavy atom. The Morgan fingerprint density at radius 2 is 1.44 bits per heavy atom. The number of rotatable bonds is 3. The molecule has 0 bridgehead atoms. The second-order valence-corrected chi connectivity index (χ2v) is 5.99. The van der Waals surface area contributed by atoms with Gasteiger partial charge in [0.15, 0.2) is 5.11 Å². The molecule has 0 saturated heterocycles. The molecule has 0 unspecified atom stereocenters. The summed E-state index contributed by atoms with van der Waals surface area (Å²) >= 11 is 5.00. The van der Waals surface area contributed by atoms with Crippen molar-refractivity contribution in [3.63, 3.8) is 0 Å². The molecule has 0 fully saturated rings. The van der Waals surface area contributed by atoms with Crippen LogP contribution in [-0.4, -0.2) is 12.2 Å². The summed E-state index contributed by atoms with van der Waals surface area (Å²) in [6, 6.07) is 6.23. The molecule has 0 aliphatic heterocycles. The van der Waals surface area contributed by atoms with E-state index in [1.165, 1.54) is 7.11 Å². The van der Waals surface area contributed by atoms with Gasteiger partial charge in [0.1, 0.15) is 5.75 Å². The Hall–Kier alpha value is -2.49. The van der Waals surface area contributed by atoms with Gasteiger partial charge in [0, 0.05) is 5.69 Å². The fourth-order valence-electron chi connectivity index (χ4n) is 2.23. The summed E-state index contributed by atoms with van der Waals surface area (Å²) in [4.78, 5) is 0. The van der Waals surface area contributed by atoms with Crippen molar-refractivity contribution < 1.29 is 31.1 Å². The predicted molar refractivity (Wildman–Crippen MR) is 94.0 cm³/mol. The minimum absolute atomic E-state index is 0.0469. The number of methoxy groups -OCH3 is 1. The lowest BCUT2D eigenvalue weighted by Gasteiger charge is -2.17. The maximum atomic E-state index is 12.9. The number of aryl methyl sites for hydroxylation is 1. The van der Waals surface area contributed by atoms with E-state index < -0.39 is 29.2 Å². The molecular formula is C17H14F6N2OS. The lowest BCUT2D eigenvalue weighted by atomic mass is 10.1. The second kappa shape index (κ2) is 7.63. The fraction of sp³-hybridized carbons (Fsp3) is 0.235. The lowest BCUT2D eigenvalue weighted by molar-refractivity contribution is -0.143. The summed E-state index contributed by atoms with van der Waals surface area (Å²) in [6.45, 7) is 1.80. The third kappa shape index (κ3) is 5.49. The monoisotopic (exact) mass is 408 g/mol. The molecule has 10 heteroatoms. The van der Waals surface area contributed by atoms with Crippen LogP contribution in [0.25, 0.3) is 0 Å². The van der Waals surface area contributed by atoms with Gasteiger partial charge in [-0.05, 0) is 55.0 Å². The van der Waals surface area contributed by atoms with E-state index in [-0.39, 0.29) is 11.2 Å². The van der Waals surface area contributed by atoms with Gasteiger partial charge in [-0.15, -0.1) is 0 Å². The first kappa shape index (κ1) is 20.8. The van der Waals surface area contributed by atoms with Gasteiger partial charge >= 0.3 is 12.4 Å². The zero-order valence-corrected chi connectivity index (χ0v) is 14.9. The number of alkyl halides is 6. The minimum atomic E-state index is -4.94. The van der Waals surface area contributed by atoms with Crippen molar-refractivity contribution in [1.29, 1.82) is 0 Å². The summed E-state index contributed by atoms with van der Waals surface area (Å²) in [5, 5.41) is 4.86. The third-order valence-electron chi connectivity index (χ3n) is 3.45. The highest BCUT2D eigenvalue weighted by Gasteiger charge is 2.37. The number of ether oxygens (including phenoxy) is 1. The molecule has 0 aliphatic rings. The van der Waals surface area contributed by atoms with Crippen LogP contribution in [0.3, 0.4) is 0 Å². The Labute approximate surface area is 156 Å². The van der Waals surface area contributed by atoms with Crippen LogP contribution in [0.15, 0.2) is 36.4 Å². The van der Waals surface area contributed by atoms with E-state index in [2.05, 4.69) is 10.6 Å². The van der Waals surface area contributed by atoms with Crippen molar-refractivity contribution in [2.45, 2.75) is 19.3 Å². The van der Waals surface area contributed by atoms with Crippen LogP contribution in [-0.2, 0) is 12.4 Å². The number of anilines is 2. The van der Waals surface area contributed by atoms with E-state index in [1.807, 2.05) is 0 Å². The van der Waals surface area contributed by atoms with Crippen molar-refractivity contribution in [3.8, 4) is 5.75 Å². The topological polar surface area (TPSA) is 33.3 Å². The number of hydrogen-bond donors (Lipinski definition) is 2. The van der Waals surface area contributed by atoms with Crippen LogP contribution < -0.4 is 15.4 Å². The average Bonchev–Trinajstić information content (AvgIpc) is 2.53. The minimum Gasteiger partial charge on any atom is -0.495 e. The quantitative estimate of drug-likeness (QED) is 0.493. The zero-order chi connectivity index (χ0) is 20.4. The van der Waals surface area contributed by atoms with Gasteiger partial charge in [0.2, 0.25) is 0 Å². The molecule has 2 N–H and O–H groups in total. The molecule has 27 heavy (non-hydrogen) atoms. The Kier molecular flexibility index (Phi) is 5.88. The van der Waals surface area contributed by atoms with Gasteiger partial charge in [0.05, 0.1) is 23.9 Å². The number of thiocarbonyl (C=S) groups is 1. The first-order valence-electron chi connectivity index (χ1n) is 7.42. The van der Waals surface area contributed by atoms with Gasteiger partial charge in [-0.1, -0.05) is 6.07 Å². The Bertz CT molecular complexity index is 816. The summed E-state index contributed by atoms with van der Waals surface area (Å²) in [5.74, 6) is 0.407. The van der Waals surface area contributed by atoms with Crippen LogP contribution >= 0.6 is 12.2 Å². The molecule has 0 amide bonds. The summed E-state index contributed by atoms with van der Waals surface area (Å²) in [6.07, 6.45) is -9.88. The van der Waals surface area contributed by atoms with E-state index >= 15 is 0 Å². The van der Waals surface area contributed by atoms with Crippen molar-refractivity contribution in [3.05, 3.63) is 53.1 Å². The Morgan fingerprint density at radius 3 is 1.93 bits per heavy atom. The molecule has 0 atom stereocenters. The first-order valence-corrected chi connectivity index (χ1v) is 7.83. The number of halogens is 6. The normalized spacial score (nSPS) is 11.9. The van der Waals surface area contributed by atoms with Crippen LogP contribution in [0.4, 0.5) is 37.7 Å². The van der Waals surface area contributed by atoms with Crippen LogP contribution in [0.5, 0.6) is 5.75 Å². The van der Waals surface area contributed by atoms with Gasteiger partial charge in [-0.25, -0.2) is 0 Å². The Balaban J connectivity index is 2.31. The van der Waals surface area contributed by atoms with Crippen molar-refractivity contribution in [2.75, 3.05) is 17.7 Å². The molecule has 0 saturated carbocycles. The predicted octanol–water partition coefficient (Wildman–Crippen LogP) is 5.85. The van der Waals surface area contributed by atoms with Crippen LogP contribution in [0, 0.1) is 6.92 Å². The largest absolute Gasteiger partial charge is 0.495 e. The van der Waals surface area contributed by atoms with Gasteiger partial charge < -0.3 is 15.4 Å². The molecule has 2 rings (SSSR count). The highest BCUT2D eigenvalue weighted by molar-refractivity contribution is 7.80. The van der Waals surface area contributed by atoms with E-state index in [4.69, 9.17) is 17.0 Å². The van der Waals surface area contributed by atoms with Gasteiger partial charge in [-0.2, -0.15) is 26.3 Å². The molecule has 3 nitrogen and oxygen atoms in total. The standard InChI is InChI=1S/C17H14F6N2OS/c1-9-3-4-14(26-2)13(5-9)25-15(27)24-12-7-10(16(18,19)20)6-11(8-12)17(21,22)23/h3-8H,1-2H3,(H2,24,25,27). The SMILES string of the molecule is COc1ccc(C)cc1NC(=S)Nc1cc(C(F)(F)F)cc(C(F)(F)F)c1. The molecule has 146 valence electrons. The van der Waals surface area contributed by atoms with Crippen LogP contribution in [0.2, 0.25) is 0 Å². The fourth-order valence-corrected chi connectivity index (χ4v) is 2.46. The maximum absolute atomic E-state index is 12.9. The van der Waals surface area contributed by atoms with E-state index in [1.54, 1.807) is 25.1 Å². The van der Waals surface area contributed by atoms with Gasteiger partial charge in [0.25, 0.3) is 0 Å². The highest BCUT2D eigenvalue weighted by Crippen LogP contribution is 2.37. The van der Waals surface area contributed by atoms with E-state index in [9.17, 15) is 26.3 Å². The molecule has 0 aliphatic carbocycles. The molecule has 2 aromatic rings. The molecular weight excluding hydrogens is 394 g/mol. The molecule has 0 radical (unpaired) electrons. The second-order valence-electron chi connectivity index (χ2n) is 5.58. The molecule has 2 aromatic carbocycles. The average molecular weight is 408 g/mol. The van der Waals surface area contributed by atoms with Crippen LogP contribution in [0.1, 0.15) is 16.7 Å². The first-order chi connectivity index (χ1) is 12.4. The number of benzene rings is 2. The number of hydrogen-bond acceptors (Lipinski definition) is 2. The summed E-state index contributed by atoms with van der Waals surface area (Å²) in [5.41, 5.74) is -2.05. The maximum Gasteiger partial charge on any atom is 0.416 e. The van der Waals surface area contributed by atoms with Crippen molar-refractivity contribution >= 4 is 28.7 Å². The number of nitrogens with one attached hydrogen (secondary N) is 2. The van der Waals surface area contributed by atoms with Gasteiger partial charge in [-0.3, -0.25) is 0 Å². The molecule has 0 spiro atoms. The summed E-state index contributed by atoms with van der Waals surface area (Å²) in [7, 11) is 1.41. The molecule has 0 heterocycles. The van der Waals surface area contributed by atoms with E-state index in [0.717, 1.165) is 5.56 Å². The summed E-state index contributed by atoms with van der Waals surface area (Å²) < 4.78 is 82.6. The highest BCUT2D eigenvalue weighted by atomic mass is 32.1. The zero-order valence-electron chi connectivity index (χ0n) is 14.0. The third-order valence-corrected chi connectivity index (χ3v) is 3.65. The van der Waals surface area contributed by atoms with E-state index in [0.29, 0.717) is 23.6 Å². The van der Waals surface area contributed by atoms with Crippen molar-refractivity contribution in [2.24, 2.45) is 0 Å². The van der Waals surface area contributed by atoms with Crippen molar-refractivity contribution in [1.82, 2.24) is 0 Å².